The number of nitrogens with zero attached hydrogens (tertiary/aromatic N) is 5. The zero-order valence-electron chi connectivity index (χ0n) is 11.4. The highest BCUT2D eigenvalue weighted by Gasteiger charge is 2.19. The van der Waals surface area contributed by atoms with E-state index >= 15 is 0 Å². The van der Waals surface area contributed by atoms with E-state index in [0.717, 1.165) is 44.4 Å². The number of aromatic nitrogens is 4. The second-order valence-electron chi connectivity index (χ2n) is 4.92. The van der Waals surface area contributed by atoms with Gasteiger partial charge >= 0.3 is 0 Å². The molecule has 0 unspecified atom stereocenters. The SMILES string of the molecule is Cc1nc(CN2CCN(c3cccc(F)n3)CC2)n[nH]1. The highest BCUT2D eigenvalue weighted by atomic mass is 19.1. The summed E-state index contributed by atoms with van der Waals surface area (Å²) in [5, 5.41) is 6.99. The predicted octanol–water partition coefficient (Wildman–Crippen LogP) is 0.969. The highest BCUT2D eigenvalue weighted by molar-refractivity contribution is 5.38. The smallest absolute Gasteiger partial charge is 0.214 e. The molecule has 2 aromatic rings. The van der Waals surface area contributed by atoms with Gasteiger partial charge in [-0.2, -0.15) is 9.49 Å². The third-order valence-corrected chi connectivity index (χ3v) is 3.41. The van der Waals surface area contributed by atoms with Crippen molar-refractivity contribution in [3.8, 4) is 0 Å². The predicted molar refractivity (Wildman–Crippen MR) is 72.8 cm³/mol. The van der Waals surface area contributed by atoms with Gasteiger partial charge in [0.15, 0.2) is 5.82 Å². The molecule has 0 saturated carbocycles. The van der Waals surface area contributed by atoms with Crippen molar-refractivity contribution in [3.63, 3.8) is 0 Å². The quantitative estimate of drug-likeness (QED) is 0.846. The summed E-state index contributed by atoms with van der Waals surface area (Å²) >= 11 is 0. The van der Waals surface area contributed by atoms with Crippen LogP contribution >= 0.6 is 0 Å². The van der Waals surface area contributed by atoms with Crippen molar-refractivity contribution in [3.05, 3.63) is 35.8 Å². The van der Waals surface area contributed by atoms with Crippen molar-refractivity contribution in [2.45, 2.75) is 13.5 Å². The summed E-state index contributed by atoms with van der Waals surface area (Å²) in [5.74, 6) is 1.93. The molecule has 6 nitrogen and oxygen atoms in total. The summed E-state index contributed by atoms with van der Waals surface area (Å²) < 4.78 is 13.1. The van der Waals surface area contributed by atoms with Crippen molar-refractivity contribution in [2.75, 3.05) is 31.1 Å². The van der Waals surface area contributed by atoms with Gasteiger partial charge < -0.3 is 4.90 Å². The van der Waals surface area contributed by atoms with Crippen LogP contribution in [0.3, 0.4) is 0 Å². The molecule has 0 amide bonds. The van der Waals surface area contributed by atoms with Gasteiger partial charge in [-0.15, -0.1) is 0 Å². The Labute approximate surface area is 116 Å². The van der Waals surface area contributed by atoms with Gasteiger partial charge in [0, 0.05) is 26.2 Å². The molecule has 1 N–H and O–H groups in total. The maximum Gasteiger partial charge on any atom is 0.214 e. The van der Waals surface area contributed by atoms with Crippen molar-refractivity contribution in [1.29, 1.82) is 0 Å². The average Bonchev–Trinajstić information content (AvgIpc) is 2.85. The summed E-state index contributed by atoms with van der Waals surface area (Å²) in [6.45, 7) is 6.09. The van der Waals surface area contributed by atoms with Crippen molar-refractivity contribution >= 4 is 5.82 Å². The molecule has 0 atom stereocenters. The fourth-order valence-electron chi connectivity index (χ4n) is 2.37. The fraction of sp³-hybridized carbons (Fsp3) is 0.462. The molecule has 1 saturated heterocycles. The van der Waals surface area contributed by atoms with Gasteiger partial charge in [0.2, 0.25) is 5.95 Å². The molecule has 0 aromatic carbocycles. The molecule has 3 rings (SSSR count). The number of H-pyrrole nitrogens is 1. The molecule has 7 heteroatoms. The summed E-state index contributed by atoms with van der Waals surface area (Å²) in [7, 11) is 0. The van der Waals surface area contributed by atoms with E-state index in [4.69, 9.17) is 0 Å². The number of pyridine rings is 1. The van der Waals surface area contributed by atoms with E-state index in [0.29, 0.717) is 5.82 Å². The first-order chi connectivity index (χ1) is 9.70. The van der Waals surface area contributed by atoms with Gasteiger partial charge in [0.25, 0.3) is 0 Å². The van der Waals surface area contributed by atoms with E-state index in [1.807, 2.05) is 13.0 Å². The maximum atomic E-state index is 13.1. The second-order valence-corrected chi connectivity index (χ2v) is 4.92. The molecule has 2 aromatic heterocycles. The largest absolute Gasteiger partial charge is 0.354 e. The first kappa shape index (κ1) is 13.0. The molecule has 106 valence electrons. The maximum absolute atomic E-state index is 13.1. The van der Waals surface area contributed by atoms with Crippen LogP contribution < -0.4 is 4.90 Å². The van der Waals surface area contributed by atoms with Gasteiger partial charge in [-0.1, -0.05) is 6.07 Å². The molecular formula is C13H17FN6. The van der Waals surface area contributed by atoms with Crippen molar-refractivity contribution in [1.82, 2.24) is 25.1 Å². The number of piperazine rings is 1. The van der Waals surface area contributed by atoms with Gasteiger partial charge in [-0.05, 0) is 19.1 Å². The highest BCUT2D eigenvalue weighted by Crippen LogP contribution is 2.14. The number of hydrogen-bond donors (Lipinski definition) is 1. The summed E-state index contributed by atoms with van der Waals surface area (Å²) in [6, 6.07) is 4.91. The van der Waals surface area contributed by atoms with E-state index in [1.54, 1.807) is 6.07 Å². The molecule has 0 bridgehead atoms. The van der Waals surface area contributed by atoms with Gasteiger partial charge in [-0.25, -0.2) is 9.97 Å². The number of anilines is 1. The van der Waals surface area contributed by atoms with Crippen LogP contribution in [0.25, 0.3) is 0 Å². The Kier molecular flexibility index (Phi) is 3.60. The lowest BCUT2D eigenvalue weighted by Gasteiger charge is -2.34. The summed E-state index contributed by atoms with van der Waals surface area (Å²) in [6.07, 6.45) is 0. The molecule has 3 heterocycles. The number of rotatable bonds is 3. The second kappa shape index (κ2) is 5.54. The third-order valence-electron chi connectivity index (χ3n) is 3.41. The van der Waals surface area contributed by atoms with Crippen LogP contribution in [0.4, 0.5) is 10.2 Å². The molecule has 0 radical (unpaired) electrons. The normalized spacial score (nSPS) is 16.6. The minimum absolute atomic E-state index is 0.430. The molecule has 1 aliphatic rings. The number of halogens is 1. The Hall–Kier alpha value is -2.02. The number of nitrogens with one attached hydrogen (secondary N) is 1. The molecule has 0 spiro atoms. The van der Waals surface area contributed by atoms with Gasteiger partial charge in [0.05, 0.1) is 6.54 Å². The zero-order chi connectivity index (χ0) is 13.9. The van der Waals surface area contributed by atoms with E-state index in [2.05, 4.69) is 30.0 Å². The van der Waals surface area contributed by atoms with E-state index in [-0.39, 0.29) is 0 Å². The molecular weight excluding hydrogens is 259 g/mol. The monoisotopic (exact) mass is 276 g/mol. The number of aromatic amines is 1. The lowest BCUT2D eigenvalue weighted by Crippen LogP contribution is -2.46. The van der Waals surface area contributed by atoms with Crippen LogP contribution in [-0.4, -0.2) is 51.2 Å². The average molecular weight is 276 g/mol. The van der Waals surface area contributed by atoms with Crippen LogP contribution in [-0.2, 0) is 6.54 Å². The molecule has 0 aliphatic carbocycles. The van der Waals surface area contributed by atoms with E-state index < -0.39 is 5.95 Å². The first-order valence-corrected chi connectivity index (χ1v) is 6.68. The Balaban J connectivity index is 1.57. The van der Waals surface area contributed by atoms with Crippen LogP contribution in [0, 0.1) is 12.9 Å². The Morgan fingerprint density at radius 2 is 2.00 bits per heavy atom. The number of aryl methyl sites for hydroxylation is 1. The lowest BCUT2D eigenvalue weighted by molar-refractivity contribution is 0.243. The summed E-state index contributed by atoms with van der Waals surface area (Å²) in [4.78, 5) is 12.6. The van der Waals surface area contributed by atoms with E-state index in [1.165, 1.54) is 6.07 Å². The van der Waals surface area contributed by atoms with Gasteiger partial charge in [-0.3, -0.25) is 10.00 Å². The third kappa shape index (κ3) is 2.93. The van der Waals surface area contributed by atoms with Crippen LogP contribution in [0.1, 0.15) is 11.6 Å². The zero-order valence-corrected chi connectivity index (χ0v) is 11.4. The molecule has 1 fully saturated rings. The summed E-state index contributed by atoms with van der Waals surface area (Å²) in [5.41, 5.74) is 0. The van der Waals surface area contributed by atoms with Crippen molar-refractivity contribution in [2.24, 2.45) is 0 Å². The lowest BCUT2D eigenvalue weighted by atomic mass is 10.3. The van der Waals surface area contributed by atoms with Crippen LogP contribution in [0.5, 0.6) is 0 Å². The van der Waals surface area contributed by atoms with Crippen molar-refractivity contribution < 1.29 is 4.39 Å². The first-order valence-electron chi connectivity index (χ1n) is 6.68. The van der Waals surface area contributed by atoms with E-state index in [9.17, 15) is 4.39 Å². The fourth-order valence-corrected chi connectivity index (χ4v) is 2.37. The topological polar surface area (TPSA) is 60.9 Å². The van der Waals surface area contributed by atoms with Crippen LogP contribution in [0.2, 0.25) is 0 Å². The molecule has 20 heavy (non-hydrogen) atoms. The van der Waals surface area contributed by atoms with Crippen LogP contribution in [0.15, 0.2) is 18.2 Å². The minimum atomic E-state index is -0.430. The Bertz CT molecular complexity index is 576. The number of hydrogen-bond acceptors (Lipinski definition) is 5. The molecule has 1 aliphatic heterocycles. The minimum Gasteiger partial charge on any atom is -0.354 e. The van der Waals surface area contributed by atoms with Gasteiger partial charge in [0.1, 0.15) is 11.6 Å². The Morgan fingerprint density at radius 1 is 1.20 bits per heavy atom. The Morgan fingerprint density at radius 3 is 2.65 bits per heavy atom. The standard InChI is InChI=1S/C13H17FN6/c1-10-15-12(18-17-10)9-19-5-7-20(8-6-19)13-4-2-3-11(14)16-13/h2-4H,5-9H2,1H3,(H,15,17,18).